The summed E-state index contributed by atoms with van der Waals surface area (Å²) < 4.78 is 17.2. The zero-order valence-corrected chi connectivity index (χ0v) is 41.5. The van der Waals surface area contributed by atoms with Crippen molar-refractivity contribution < 1.29 is 38.2 Å². The van der Waals surface area contributed by atoms with Crippen LogP contribution in [0.25, 0.3) is 0 Å². The van der Waals surface area contributed by atoms with Gasteiger partial charge in [0.2, 0.25) is 0 Å². The highest BCUT2D eigenvalue weighted by molar-refractivity contribution is 5.70. The van der Waals surface area contributed by atoms with Crippen LogP contribution in [0.15, 0.2) is 60.8 Å². The Bertz CT molecular complexity index is 1210. The molecule has 63 heavy (non-hydrogen) atoms. The summed E-state index contributed by atoms with van der Waals surface area (Å²) in [7, 11) is 5.39. The number of carboxylic acid groups (broad SMARTS) is 1. The first kappa shape index (κ1) is 60.0. The van der Waals surface area contributed by atoms with Crippen molar-refractivity contribution in [3.05, 3.63) is 60.8 Å². The number of unbranched alkanes of at least 4 members (excludes halogenated alkanes) is 22. The van der Waals surface area contributed by atoms with Gasteiger partial charge in [0.15, 0.2) is 6.10 Å². The Morgan fingerprint density at radius 1 is 0.476 bits per heavy atom. The first-order valence-electron chi connectivity index (χ1n) is 25.8. The van der Waals surface area contributed by atoms with Crippen LogP contribution < -0.4 is 5.11 Å². The van der Waals surface area contributed by atoms with Crippen molar-refractivity contribution in [3.8, 4) is 0 Å². The highest BCUT2D eigenvalue weighted by atomic mass is 16.6. The SMILES string of the molecule is CCCCC/C=C/C/C=C/C/C=C/C/C=C/CCCC(=O)OC(COCCC(C(=O)[O-])[N+](C)(C)C)COC(=O)CCCCCCCCC/C=C/CCCCCCCCCCCCC. The van der Waals surface area contributed by atoms with Gasteiger partial charge in [0.25, 0.3) is 0 Å². The van der Waals surface area contributed by atoms with Crippen molar-refractivity contribution in [3.63, 3.8) is 0 Å². The van der Waals surface area contributed by atoms with Crippen LogP contribution in [0.2, 0.25) is 0 Å². The second-order valence-corrected chi connectivity index (χ2v) is 18.4. The monoisotopic (exact) mass is 884 g/mol. The van der Waals surface area contributed by atoms with E-state index in [0.717, 1.165) is 44.9 Å². The average molecular weight is 884 g/mol. The van der Waals surface area contributed by atoms with Crippen LogP contribution in [0.1, 0.15) is 219 Å². The predicted octanol–water partition coefficient (Wildman–Crippen LogP) is 13.6. The number of rotatable bonds is 46. The second-order valence-electron chi connectivity index (χ2n) is 18.4. The smallest absolute Gasteiger partial charge is 0.306 e. The number of hydrogen-bond acceptors (Lipinski definition) is 7. The van der Waals surface area contributed by atoms with Crippen LogP contribution in [0.5, 0.6) is 0 Å². The molecule has 0 N–H and O–H groups in total. The Labute approximate surface area is 388 Å². The van der Waals surface area contributed by atoms with Crippen molar-refractivity contribution in [1.29, 1.82) is 0 Å². The van der Waals surface area contributed by atoms with E-state index in [1.54, 1.807) is 21.1 Å². The minimum atomic E-state index is -1.13. The standard InChI is InChI=1S/C55H97NO7/c1-6-8-10-12-14-16-18-20-22-24-25-26-27-28-30-31-33-35-37-39-41-43-45-53(57)62-50-51(49-61-48-47-52(55(59)60)56(3,4)5)63-54(58)46-44-42-40-38-36-34-32-29-23-21-19-17-15-13-11-9-7-2/h15,17,21,23,27-28,32,34,38,40,51-52H,6-14,16,18-20,22,24-26,29-31,33,35-37,39,41-50H2,1-5H3/b17-15+,23-21+,28-27+,34-32+,40-38+. The molecule has 0 bridgehead atoms. The lowest BCUT2D eigenvalue weighted by Gasteiger charge is -2.34. The molecule has 0 radical (unpaired) electrons. The molecule has 0 aromatic heterocycles. The summed E-state index contributed by atoms with van der Waals surface area (Å²) in [6, 6.07) is -0.738. The zero-order chi connectivity index (χ0) is 46.3. The van der Waals surface area contributed by atoms with Crippen LogP contribution in [-0.4, -0.2) is 75.5 Å². The number of carboxylic acids is 1. The van der Waals surface area contributed by atoms with E-state index in [2.05, 4.69) is 74.6 Å². The van der Waals surface area contributed by atoms with Crippen molar-refractivity contribution in [2.24, 2.45) is 0 Å². The van der Waals surface area contributed by atoms with Crippen LogP contribution in [0.3, 0.4) is 0 Å². The zero-order valence-electron chi connectivity index (χ0n) is 41.5. The van der Waals surface area contributed by atoms with Gasteiger partial charge in [-0.25, -0.2) is 0 Å². The number of esters is 2. The van der Waals surface area contributed by atoms with E-state index in [-0.39, 0.29) is 49.1 Å². The van der Waals surface area contributed by atoms with Gasteiger partial charge in [0.1, 0.15) is 12.6 Å². The number of carbonyl (C=O) groups excluding carboxylic acids is 3. The summed E-state index contributed by atoms with van der Waals surface area (Å²) in [6.45, 7) is 4.59. The summed E-state index contributed by atoms with van der Waals surface area (Å²) in [5.41, 5.74) is 0. The van der Waals surface area contributed by atoms with E-state index in [1.807, 2.05) is 0 Å². The molecule has 364 valence electrons. The Morgan fingerprint density at radius 3 is 1.33 bits per heavy atom. The van der Waals surface area contributed by atoms with E-state index in [0.29, 0.717) is 12.8 Å². The van der Waals surface area contributed by atoms with E-state index < -0.39 is 18.1 Å². The van der Waals surface area contributed by atoms with Gasteiger partial charge in [-0.3, -0.25) is 9.59 Å². The Kier molecular flexibility index (Phi) is 43.4. The minimum absolute atomic E-state index is 0.0162. The molecule has 0 saturated heterocycles. The summed E-state index contributed by atoms with van der Waals surface area (Å²) >= 11 is 0. The van der Waals surface area contributed by atoms with Gasteiger partial charge < -0.3 is 28.6 Å². The maximum Gasteiger partial charge on any atom is 0.306 e. The summed E-state index contributed by atoms with van der Waals surface area (Å²) in [6.07, 6.45) is 56.9. The molecule has 0 aromatic rings. The van der Waals surface area contributed by atoms with E-state index in [9.17, 15) is 19.5 Å². The molecule has 0 saturated carbocycles. The Balaban J connectivity index is 4.30. The number of ether oxygens (including phenoxy) is 3. The fourth-order valence-corrected chi connectivity index (χ4v) is 7.35. The molecule has 0 amide bonds. The third kappa shape index (κ3) is 44.0. The van der Waals surface area contributed by atoms with Gasteiger partial charge in [-0.1, -0.05) is 184 Å². The number of carbonyl (C=O) groups is 3. The molecular weight excluding hydrogens is 787 g/mol. The normalized spacial score (nSPS) is 13.3. The molecule has 0 aromatic carbocycles. The fraction of sp³-hybridized carbons (Fsp3) is 0.764. The fourth-order valence-electron chi connectivity index (χ4n) is 7.35. The second kappa shape index (κ2) is 45.6. The number of aliphatic carboxylic acids is 1. The first-order chi connectivity index (χ1) is 30.6. The number of allylic oxidation sites excluding steroid dienone is 10. The Hall–Kier alpha value is -2.97. The van der Waals surface area contributed by atoms with Gasteiger partial charge in [-0.2, -0.15) is 0 Å². The third-order valence-electron chi connectivity index (χ3n) is 11.4. The molecule has 0 spiro atoms. The number of likely N-dealkylation sites (N-methyl/N-ethyl adjacent to an activating group) is 1. The lowest BCUT2D eigenvalue weighted by Crippen LogP contribution is -2.55. The summed E-state index contributed by atoms with van der Waals surface area (Å²) in [5, 5.41) is 11.7. The van der Waals surface area contributed by atoms with E-state index in [1.165, 1.54) is 135 Å². The Morgan fingerprint density at radius 2 is 0.857 bits per heavy atom. The maximum atomic E-state index is 12.7. The number of nitrogens with zero attached hydrogens (tertiary/aromatic N) is 1. The molecule has 0 aliphatic rings. The minimum Gasteiger partial charge on any atom is -0.544 e. The molecule has 0 fully saturated rings. The molecule has 0 heterocycles. The topological polar surface area (TPSA) is 102 Å². The van der Waals surface area contributed by atoms with Crippen LogP contribution in [0, 0.1) is 0 Å². The molecule has 2 atom stereocenters. The van der Waals surface area contributed by atoms with E-state index >= 15 is 0 Å². The highest BCUT2D eigenvalue weighted by Crippen LogP contribution is 2.14. The molecule has 8 heteroatoms. The molecule has 0 rings (SSSR count). The lowest BCUT2D eigenvalue weighted by atomic mass is 10.0. The van der Waals surface area contributed by atoms with Crippen LogP contribution in [-0.2, 0) is 28.6 Å². The number of hydrogen-bond donors (Lipinski definition) is 0. The molecule has 0 aliphatic carbocycles. The van der Waals surface area contributed by atoms with Crippen molar-refractivity contribution in [2.75, 3.05) is 41.0 Å². The molecule has 0 aliphatic heterocycles. The molecular formula is C55H97NO7. The lowest BCUT2D eigenvalue weighted by molar-refractivity contribution is -0.889. The highest BCUT2D eigenvalue weighted by Gasteiger charge is 2.25. The molecule has 2 unspecified atom stereocenters. The van der Waals surface area contributed by atoms with Gasteiger partial charge in [0.05, 0.1) is 40.3 Å². The predicted molar refractivity (Wildman–Crippen MR) is 263 cm³/mol. The average Bonchev–Trinajstić information content (AvgIpc) is 3.24. The van der Waals surface area contributed by atoms with Crippen LogP contribution >= 0.6 is 0 Å². The summed E-state index contributed by atoms with van der Waals surface area (Å²) in [5.74, 6) is -1.81. The van der Waals surface area contributed by atoms with Crippen molar-refractivity contribution in [2.45, 2.75) is 231 Å². The van der Waals surface area contributed by atoms with Gasteiger partial charge in [0, 0.05) is 19.3 Å². The quantitative estimate of drug-likeness (QED) is 0.0260. The maximum absolute atomic E-state index is 12.7. The largest absolute Gasteiger partial charge is 0.544 e. The third-order valence-corrected chi connectivity index (χ3v) is 11.4. The van der Waals surface area contributed by atoms with Gasteiger partial charge >= 0.3 is 11.9 Å². The van der Waals surface area contributed by atoms with Crippen LogP contribution in [0.4, 0.5) is 0 Å². The summed E-state index contributed by atoms with van der Waals surface area (Å²) in [4.78, 5) is 37.0. The van der Waals surface area contributed by atoms with Crippen molar-refractivity contribution in [1.82, 2.24) is 0 Å². The van der Waals surface area contributed by atoms with Gasteiger partial charge in [-0.15, -0.1) is 0 Å². The number of quaternary nitrogens is 1. The first-order valence-corrected chi connectivity index (χ1v) is 25.8. The van der Waals surface area contributed by atoms with Gasteiger partial charge in [-0.05, 0) is 77.0 Å². The van der Waals surface area contributed by atoms with E-state index in [4.69, 9.17) is 14.2 Å². The molecule has 8 nitrogen and oxygen atoms in total. The van der Waals surface area contributed by atoms with Crippen molar-refractivity contribution >= 4 is 17.9 Å².